The zero-order valence-electron chi connectivity index (χ0n) is 17.9. The summed E-state index contributed by atoms with van der Waals surface area (Å²) in [5.41, 5.74) is 1.87. The second kappa shape index (κ2) is 9.29. The Balaban J connectivity index is 1.45. The minimum absolute atomic E-state index is 0.267. The fourth-order valence-corrected chi connectivity index (χ4v) is 3.04. The standard InChI is InChI=1S/C22H22N6O4/c1-4-19-26-22(32-27-19)15-7-8-23-20(10-15)28-12-16(25-13-28)21(29)24-11-14-5-6-17(30-2)18(9-14)31-3/h5-10,12-13H,4,11H2,1-3H3,(H,24,29). The highest BCUT2D eigenvalue weighted by Gasteiger charge is 2.13. The number of hydrogen-bond donors (Lipinski definition) is 1. The van der Waals surface area contributed by atoms with Gasteiger partial charge in [0.25, 0.3) is 11.8 Å². The Labute approximate surface area is 184 Å². The summed E-state index contributed by atoms with van der Waals surface area (Å²) >= 11 is 0. The quantitative estimate of drug-likeness (QED) is 0.450. The summed E-state index contributed by atoms with van der Waals surface area (Å²) in [6, 6.07) is 9.04. The summed E-state index contributed by atoms with van der Waals surface area (Å²) in [4.78, 5) is 25.4. The van der Waals surface area contributed by atoms with Crippen LogP contribution in [0.1, 0.15) is 28.8 Å². The fraction of sp³-hybridized carbons (Fsp3) is 0.227. The summed E-state index contributed by atoms with van der Waals surface area (Å²) < 4.78 is 17.5. The third-order valence-electron chi connectivity index (χ3n) is 4.76. The average Bonchev–Trinajstić information content (AvgIpc) is 3.52. The first kappa shape index (κ1) is 21.0. The number of aryl methyl sites for hydroxylation is 1. The number of ether oxygens (including phenoxy) is 2. The number of imidazole rings is 1. The molecule has 0 bridgehead atoms. The zero-order chi connectivity index (χ0) is 22.5. The molecule has 10 nitrogen and oxygen atoms in total. The zero-order valence-corrected chi connectivity index (χ0v) is 17.9. The van der Waals surface area contributed by atoms with Gasteiger partial charge in [-0.3, -0.25) is 9.36 Å². The molecule has 0 atom stereocenters. The second-order valence-corrected chi connectivity index (χ2v) is 6.81. The Morgan fingerprint density at radius 1 is 1.12 bits per heavy atom. The lowest BCUT2D eigenvalue weighted by Crippen LogP contribution is -2.23. The van der Waals surface area contributed by atoms with Crippen molar-refractivity contribution in [2.45, 2.75) is 19.9 Å². The molecule has 4 aromatic rings. The smallest absolute Gasteiger partial charge is 0.271 e. The minimum Gasteiger partial charge on any atom is -0.493 e. The van der Waals surface area contributed by atoms with E-state index in [1.165, 1.54) is 6.33 Å². The summed E-state index contributed by atoms with van der Waals surface area (Å²) in [5.74, 6) is 2.54. The van der Waals surface area contributed by atoms with Crippen molar-refractivity contribution in [3.8, 4) is 28.8 Å². The first-order chi connectivity index (χ1) is 15.6. The number of aromatic nitrogens is 5. The molecule has 0 radical (unpaired) electrons. The predicted octanol–water partition coefficient (Wildman–Crippen LogP) is 2.83. The Morgan fingerprint density at radius 3 is 2.72 bits per heavy atom. The van der Waals surface area contributed by atoms with Crippen molar-refractivity contribution in [3.05, 3.63) is 66.1 Å². The molecule has 0 fully saturated rings. The van der Waals surface area contributed by atoms with Crippen LogP contribution in [0.2, 0.25) is 0 Å². The van der Waals surface area contributed by atoms with Crippen molar-refractivity contribution < 1.29 is 18.8 Å². The molecule has 4 rings (SSSR count). The molecule has 1 aromatic carbocycles. The number of rotatable bonds is 8. The van der Waals surface area contributed by atoms with Crippen LogP contribution in [0.3, 0.4) is 0 Å². The van der Waals surface area contributed by atoms with E-state index >= 15 is 0 Å². The van der Waals surface area contributed by atoms with Gasteiger partial charge in [-0.25, -0.2) is 9.97 Å². The number of pyridine rings is 1. The van der Waals surface area contributed by atoms with E-state index < -0.39 is 0 Å². The summed E-state index contributed by atoms with van der Waals surface area (Å²) in [5, 5.41) is 6.76. The Hall–Kier alpha value is -4.21. The maximum atomic E-state index is 12.6. The molecule has 0 saturated heterocycles. The number of hydrogen-bond acceptors (Lipinski definition) is 8. The van der Waals surface area contributed by atoms with Crippen molar-refractivity contribution in [1.29, 1.82) is 0 Å². The van der Waals surface area contributed by atoms with Gasteiger partial charge >= 0.3 is 0 Å². The monoisotopic (exact) mass is 434 g/mol. The topological polar surface area (TPSA) is 117 Å². The molecule has 1 amide bonds. The molecule has 0 saturated carbocycles. The molecule has 0 aliphatic rings. The normalized spacial score (nSPS) is 10.7. The molecular weight excluding hydrogens is 412 g/mol. The van der Waals surface area contributed by atoms with Gasteiger partial charge in [-0.2, -0.15) is 4.98 Å². The number of benzene rings is 1. The molecule has 0 aliphatic heterocycles. The van der Waals surface area contributed by atoms with Crippen molar-refractivity contribution in [1.82, 2.24) is 30.0 Å². The van der Waals surface area contributed by atoms with E-state index in [1.807, 2.05) is 19.1 Å². The summed E-state index contributed by atoms with van der Waals surface area (Å²) in [6.45, 7) is 2.27. The van der Waals surface area contributed by atoms with E-state index in [0.29, 0.717) is 42.0 Å². The number of amides is 1. The summed E-state index contributed by atoms with van der Waals surface area (Å²) in [6.07, 6.45) is 5.46. The van der Waals surface area contributed by atoms with Crippen molar-refractivity contribution in [2.24, 2.45) is 0 Å². The second-order valence-electron chi connectivity index (χ2n) is 6.81. The Morgan fingerprint density at radius 2 is 1.97 bits per heavy atom. The molecule has 0 unspecified atom stereocenters. The maximum absolute atomic E-state index is 12.6. The van der Waals surface area contributed by atoms with E-state index in [9.17, 15) is 4.79 Å². The Kier molecular flexibility index (Phi) is 6.11. The minimum atomic E-state index is -0.306. The van der Waals surface area contributed by atoms with Gasteiger partial charge in [-0.05, 0) is 29.8 Å². The highest BCUT2D eigenvalue weighted by atomic mass is 16.5. The number of carbonyl (C=O) groups is 1. The van der Waals surface area contributed by atoms with Crippen LogP contribution < -0.4 is 14.8 Å². The molecule has 1 N–H and O–H groups in total. The van der Waals surface area contributed by atoms with Crippen LogP contribution in [0.25, 0.3) is 17.3 Å². The number of methoxy groups -OCH3 is 2. The molecule has 10 heteroatoms. The molecule has 3 heterocycles. The van der Waals surface area contributed by atoms with Gasteiger partial charge in [0, 0.05) is 30.9 Å². The van der Waals surface area contributed by atoms with Crippen molar-refractivity contribution >= 4 is 5.91 Å². The van der Waals surface area contributed by atoms with E-state index in [-0.39, 0.29) is 11.6 Å². The van der Waals surface area contributed by atoms with Crippen LogP contribution in [0, 0.1) is 0 Å². The number of nitrogens with one attached hydrogen (secondary N) is 1. The van der Waals surface area contributed by atoms with Crippen molar-refractivity contribution in [3.63, 3.8) is 0 Å². The maximum Gasteiger partial charge on any atom is 0.271 e. The highest BCUT2D eigenvalue weighted by molar-refractivity contribution is 5.92. The van der Waals surface area contributed by atoms with Gasteiger partial charge in [0.15, 0.2) is 17.3 Å². The predicted molar refractivity (Wildman–Crippen MR) is 115 cm³/mol. The van der Waals surface area contributed by atoms with Crippen molar-refractivity contribution in [2.75, 3.05) is 14.2 Å². The van der Waals surface area contributed by atoms with Crippen LogP contribution in [0.4, 0.5) is 0 Å². The number of nitrogens with zero attached hydrogens (tertiary/aromatic N) is 5. The molecular formula is C22H22N6O4. The fourth-order valence-electron chi connectivity index (χ4n) is 3.04. The Bertz CT molecular complexity index is 1230. The van der Waals surface area contributed by atoms with Gasteiger partial charge in [0.2, 0.25) is 0 Å². The molecule has 3 aromatic heterocycles. The lowest BCUT2D eigenvalue weighted by molar-refractivity contribution is 0.0946. The lowest BCUT2D eigenvalue weighted by Gasteiger charge is -2.10. The SMILES string of the molecule is CCc1noc(-c2ccnc(-n3cnc(C(=O)NCc4ccc(OC)c(OC)c4)c3)c2)n1. The van der Waals surface area contributed by atoms with Gasteiger partial charge in [-0.1, -0.05) is 18.1 Å². The first-order valence-electron chi connectivity index (χ1n) is 9.93. The third-order valence-corrected chi connectivity index (χ3v) is 4.76. The number of carbonyl (C=O) groups excluding carboxylic acids is 1. The average molecular weight is 434 g/mol. The van der Waals surface area contributed by atoms with E-state index in [0.717, 1.165) is 11.1 Å². The third kappa shape index (κ3) is 4.43. The van der Waals surface area contributed by atoms with Crippen LogP contribution >= 0.6 is 0 Å². The van der Waals surface area contributed by atoms with Gasteiger partial charge in [-0.15, -0.1) is 0 Å². The van der Waals surface area contributed by atoms with Crippen LogP contribution in [-0.2, 0) is 13.0 Å². The van der Waals surface area contributed by atoms with Gasteiger partial charge < -0.3 is 19.3 Å². The lowest BCUT2D eigenvalue weighted by atomic mass is 10.2. The van der Waals surface area contributed by atoms with E-state index in [4.69, 9.17) is 14.0 Å². The molecule has 164 valence electrons. The van der Waals surface area contributed by atoms with Gasteiger partial charge in [0.1, 0.15) is 17.8 Å². The van der Waals surface area contributed by atoms with E-state index in [2.05, 4.69) is 25.4 Å². The van der Waals surface area contributed by atoms with Crippen LogP contribution in [-0.4, -0.2) is 44.8 Å². The summed E-state index contributed by atoms with van der Waals surface area (Å²) in [7, 11) is 3.14. The molecule has 0 aliphatic carbocycles. The largest absolute Gasteiger partial charge is 0.493 e. The molecule has 32 heavy (non-hydrogen) atoms. The van der Waals surface area contributed by atoms with Crippen LogP contribution in [0.15, 0.2) is 53.6 Å². The van der Waals surface area contributed by atoms with Crippen LogP contribution in [0.5, 0.6) is 11.5 Å². The van der Waals surface area contributed by atoms with E-state index in [1.54, 1.807) is 49.4 Å². The molecule has 0 spiro atoms. The van der Waals surface area contributed by atoms with Gasteiger partial charge in [0.05, 0.1) is 14.2 Å². The first-order valence-corrected chi connectivity index (χ1v) is 9.93. The highest BCUT2D eigenvalue weighted by Crippen LogP contribution is 2.27.